The smallest absolute Gasteiger partial charge is 0.410 e. The Hall–Kier alpha value is -5.50. The van der Waals surface area contributed by atoms with E-state index in [0.717, 1.165) is 60.3 Å². The van der Waals surface area contributed by atoms with Crippen LogP contribution in [0.4, 0.5) is 20.1 Å². The van der Waals surface area contributed by atoms with Crippen LogP contribution < -0.4 is 14.8 Å². The number of carbonyl (C=O) groups is 4. The van der Waals surface area contributed by atoms with Gasteiger partial charge < -0.3 is 43.9 Å². The van der Waals surface area contributed by atoms with Crippen LogP contribution in [0.2, 0.25) is 0 Å². The topological polar surface area (TPSA) is 133 Å². The summed E-state index contributed by atoms with van der Waals surface area (Å²) in [4.78, 5) is 63.7. The molecule has 0 saturated carbocycles. The summed E-state index contributed by atoms with van der Waals surface area (Å²) in [5, 5.41) is 3.06. The summed E-state index contributed by atoms with van der Waals surface area (Å²) in [5.74, 6) is 1.12. The maximum absolute atomic E-state index is 14.3. The van der Waals surface area contributed by atoms with Gasteiger partial charge in [0.05, 0.1) is 0 Å². The van der Waals surface area contributed by atoms with E-state index in [1.54, 1.807) is 9.80 Å². The van der Waals surface area contributed by atoms with Crippen molar-refractivity contribution in [2.24, 2.45) is 0 Å². The Kier molecular flexibility index (Phi) is 12.2. The molecule has 3 fully saturated rings. The average Bonchev–Trinajstić information content (AvgIpc) is 3.43. The van der Waals surface area contributed by atoms with Gasteiger partial charge in [-0.05, 0) is 73.4 Å². The predicted molar refractivity (Wildman–Crippen MR) is 216 cm³/mol. The van der Waals surface area contributed by atoms with Crippen LogP contribution in [0.15, 0.2) is 66.7 Å². The largest absolute Gasteiger partial charge is 0.486 e. The highest BCUT2D eigenvalue weighted by Crippen LogP contribution is 2.35. The van der Waals surface area contributed by atoms with Gasteiger partial charge in [0.2, 0.25) is 0 Å². The van der Waals surface area contributed by atoms with Crippen molar-refractivity contribution in [3.05, 3.63) is 89.0 Å². The molecule has 1 atom stereocenters. The number of piperazine rings is 1. The summed E-state index contributed by atoms with van der Waals surface area (Å²) < 4.78 is 23.4. The molecule has 0 unspecified atom stereocenters. The molecule has 14 nitrogen and oxygen atoms in total. The molecule has 0 spiro atoms. The van der Waals surface area contributed by atoms with Crippen LogP contribution in [0.25, 0.3) is 0 Å². The van der Waals surface area contributed by atoms with Crippen molar-refractivity contribution in [3.63, 3.8) is 0 Å². The van der Waals surface area contributed by atoms with E-state index in [1.807, 2.05) is 83.5 Å². The number of nitrogens with one attached hydrogen (secondary N) is 1. The number of fused-ring (bicyclic) bond motifs is 2. The van der Waals surface area contributed by atoms with Gasteiger partial charge in [0.15, 0.2) is 17.6 Å². The average molecular weight is 795 g/mol. The third kappa shape index (κ3) is 9.12. The van der Waals surface area contributed by atoms with Crippen molar-refractivity contribution >= 4 is 29.8 Å². The molecule has 5 amide bonds. The number of carbonyl (C=O) groups excluding carboxylic acids is 4. The van der Waals surface area contributed by atoms with Crippen LogP contribution in [0, 0.1) is 6.92 Å². The molecule has 14 heteroatoms. The van der Waals surface area contributed by atoms with E-state index in [0.29, 0.717) is 83.4 Å². The summed E-state index contributed by atoms with van der Waals surface area (Å²) in [6, 6.07) is 21.6. The van der Waals surface area contributed by atoms with E-state index in [1.165, 1.54) is 0 Å². The van der Waals surface area contributed by atoms with E-state index in [9.17, 15) is 19.2 Å². The second kappa shape index (κ2) is 18.0. The minimum absolute atomic E-state index is 0.00536. The summed E-state index contributed by atoms with van der Waals surface area (Å²) in [6.07, 6.45) is 1.95. The number of para-hydroxylation sites is 1. The number of piperidine rings is 2. The van der Waals surface area contributed by atoms with Crippen LogP contribution in [0.1, 0.15) is 47.9 Å². The number of hydrogen-bond acceptors (Lipinski definition) is 9. The minimum atomic E-state index is -1.02. The Morgan fingerprint density at radius 3 is 2.19 bits per heavy atom. The molecule has 5 aliphatic heterocycles. The molecular weight excluding hydrogens is 741 g/mol. The van der Waals surface area contributed by atoms with Gasteiger partial charge in [0.1, 0.15) is 19.8 Å². The number of amides is 5. The van der Waals surface area contributed by atoms with Crippen molar-refractivity contribution in [3.8, 4) is 11.5 Å². The van der Waals surface area contributed by atoms with Crippen molar-refractivity contribution < 1.29 is 38.1 Å². The third-order valence-corrected chi connectivity index (χ3v) is 12.2. The summed E-state index contributed by atoms with van der Waals surface area (Å²) in [7, 11) is 0. The zero-order valence-electron chi connectivity index (χ0n) is 33.3. The number of aryl methyl sites for hydroxylation is 1. The highest BCUT2D eigenvalue weighted by Gasteiger charge is 2.37. The number of nitrogens with zero attached hydrogens (tertiary/aromatic N) is 5. The molecule has 0 aliphatic carbocycles. The van der Waals surface area contributed by atoms with Gasteiger partial charge in [-0.2, -0.15) is 0 Å². The van der Waals surface area contributed by atoms with Crippen LogP contribution in [-0.2, 0) is 33.7 Å². The van der Waals surface area contributed by atoms with E-state index < -0.39 is 12.2 Å². The molecule has 3 aromatic rings. The normalized spacial score (nSPS) is 19.8. The molecule has 5 heterocycles. The lowest BCUT2D eigenvalue weighted by Gasteiger charge is -2.43. The highest BCUT2D eigenvalue weighted by atomic mass is 16.6. The number of likely N-dealkylation sites (tertiary alicyclic amines) is 2. The van der Waals surface area contributed by atoms with Crippen LogP contribution >= 0.6 is 0 Å². The molecule has 0 radical (unpaired) electrons. The molecule has 3 aromatic carbocycles. The molecule has 8 rings (SSSR count). The SMILES string of the molecule is Cc1cc(C[C@@H](OC(=O)N2CCC(N3CCc4ccccc4NC3=O)CC2)C(=O)N2CCC(N3CCN(C(=O)OCc4ccccc4)CC3)CC2)cc2c1OCCO2. The fourth-order valence-electron chi connectivity index (χ4n) is 8.94. The summed E-state index contributed by atoms with van der Waals surface area (Å²) in [6.45, 7) is 8.35. The lowest BCUT2D eigenvalue weighted by Crippen LogP contribution is -2.56. The van der Waals surface area contributed by atoms with Gasteiger partial charge in [-0.25, -0.2) is 14.4 Å². The maximum atomic E-state index is 14.3. The molecule has 3 saturated heterocycles. The number of benzene rings is 3. The minimum Gasteiger partial charge on any atom is -0.486 e. The molecule has 0 aromatic heterocycles. The first-order valence-electron chi connectivity index (χ1n) is 20.8. The van der Waals surface area contributed by atoms with Crippen molar-refractivity contribution in [2.75, 3.05) is 77.4 Å². The maximum Gasteiger partial charge on any atom is 0.410 e. The molecule has 308 valence electrons. The standard InChI is InChI=1S/C44H54N6O8/c1-31-27-33(28-38-40(31)56-26-25-55-38)29-39(58-44(54)48-18-14-36(15-19-48)50-20-11-34-9-5-6-10-37(34)45-42(50)52)41(51)47-16-12-35(13-17-47)46-21-23-49(24-22-46)43(53)57-30-32-7-3-2-4-8-32/h2-10,27-28,35-36,39H,11-26,29-30H2,1H3,(H,45,52)/t39-/m1/s1. The van der Waals surface area contributed by atoms with E-state index >= 15 is 0 Å². The van der Waals surface area contributed by atoms with E-state index in [4.69, 9.17) is 18.9 Å². The molecule has 5 aliphatic rings. The van der Waals surface area contributed by atoms with Crippen LogP contribution in [0.5, 0.6) is 11.5 Å². The molecular formula is C44H54N6O8. The third-order valence-electron chi connectivity index (χ3n) is 12.2. The fourth-order valence-corrected chi connectivity index (χ4v) is 8.94. The first kappa shape index (κ1) is 39.3. The van der Waals surface area contributed by atoms with Gasteiger partial charge in [-0.1, -0.05) is 54.6 Å². The number of anilines is 1. The Bertz CT molecular complexity index is 1940. The van der Waals surface area contributed by atoms with Crippen LogP contribution in [0.3, 0.4) is 0 Å². The van der Waals surface area contributed by atoms with Gasteiger partial charge in [-0.15, -0.1) is 0 Å². The fraction of sp³-hybridized carbons (Fsp3) is 0.500. The first-order valence-corrected chi connectivity index (χ1v) is 20.8. The van der Waals surface area contributed by atoms with Crippen molar-refractivity contribution in [1.82, 2.24) is 24.5 Å². The van der Waals surface area contributed by atoms with Crippen molar-refractivity contribution in [1.29, 1.82) is 0 Å². The van der Waals surface area contributed by atoms with E-state index in [2.05, 4.69) is 10.2 Å². The zero-order valence-corrected chi connectivity index (χ0v) is 33.3. The van der Waals surface area contributed by atoms with Gasteiger partial charge in [-0.3, -0.25) is 9.69 Å². The highest BCUT2D eigenvalue weighted by molar-refractivity contribution is 5.91. The number of urea groups is 1. The first-order chi connectivity index (χ1) is 28.3. The second-order valence-electron chi connectivity index (χ2n) is 15.9. The lowest BCUT2D eigenvalue weighted by atomic mass is 9.99. The lowest BCUT2D eigenvalue weighted by molar-refractivity contribution is -0.142. The Morgan fingerprint density at radius 1 is 0.741 bits per heavy atom. The molecule has 0 bridgehead atoms. The van der Waals surface area contributed by atoms with Gasteiger partial charge in [0.25, 0.3) is 5.91 Å². The predicted octanol–water partition coefficient (Wildman–Crippen LogP) is 5.31. The zero-order chi connectivity index (χ0) is 40.0. The Morgan fingerprint density at radius 2 is 1.41 bits per heavy atom. The molecule has 58 heavy (non-hydrogen) atoms. The quantitative estimate of drug-likeness (QED) is 0.322. The Labute approximate surface area is 339 Å². The van der Waals surface area contributed by atoms with Gasteiger partial charge >= 0.3 is 18.2 Å². The Balaban J connectivity index is 0.865. The van der Waals surface area contributed by atoms with E-state index in [-0.39, 0.29) is 43.1 Å². The number of ether oxygens (including phenoxy) is 4. The van der Waals surface area contributed by atoms with Gasteiger partial charge in [0, 0.05) is 83.1 Å². The summed E-state index contributed by atoms with van der Waals surface area (Å²) in [5.41, 5.74) is 4.65. The summed E-state index contributed by atoms with van der Waals surface area (Å²) >= 11 is 0. The number of hydrogen-bond donors (Lipinski definition) is 1. The number of rotatable bonds is 8. The second-order valence-corrected chi connectivity index (χ2v) is 15.9. The van der Waals surface area contributed by atoms with Crippen LogP contribution in [-0.4, -0.2) is 139 Å². The molecule has 1 N–H and O–H groups in total. The monoisotopic (exact) mass is 794 g/mol. The van der Waals surface area contributed by atoms with Crippen molar-refractivity contribution in [2.45, 2.75) is 70.2 Å².